The van der Waals surface area contributed by atoms with Gasteiger partial charge in [0.05, 0.1) is 29.8 Å². The standard InChI is InChI=1S/5C4H7NO4.2V/c5*5-2(4(8)9)1-3(6)7;;/h5*2H,1,5H2,(H,6,7)(H,8,9);;/q;;;;;2*+5/p-10. The zero-order valence-corrected chi connectivity index (χ0v) is 26.2. The molecule has 0 bridgehead atoms. The normalized spacial score (nSPS) is 12.0. The van der Waals surface area contributed by atoms with Crippen molar-refractivity contribution in [3.63, 3.8) is 0 Å². The van der Waals surface area contributed by atoms with Crippen molar-refractivity contribution in [3.05, 3.63) is 0 Å². The van der Waals surface area contributed by atoms with Crippen LogP contribution >= 0.6 is 0 Å². The van der Waals surface area contributed by atoms with E-state index in [9.17, 15) is 99.0 Å². The van der Waals surface area contributed by atoms with Gasteiger partial charge in [-0.25, -0.2) is 0 Å². The average Bonchev–Trinajstić information content (AvgIpc) is 2.83. The van der Waals surface area contributed by atoms with Gasteiger partial charge in [0.15, 0.2) is 0 Å². The quantitative estimate of drug-likeness (QED) is 0.103. The number of rotatable bonds is 15. The molecule has 0 saturated heterocycles. The molecule has 10 N–H and O–H groups in total. The van der Waals surface area contributed by atoms with Crippen molar-refractivity contribution in [1.29, 1.82) is 0 Å². The molecule has 0 fully saturated rings. The first-order valence-corrected chi connectivity index (χ1v) is 11.0. The van der Waals surface area contributed by atoms with Crippen LogP contribution in [-0.4, -0.2) is 89.9 Å². The summed E-state index contributed by atoms with van der Waals surface area (Å²) in [4.78, 5) is 96.7. The first-order chi connectivity index (χ1) is 20.2. The van der Waals surface area contributed by atoms with E-state index in [0.717, 1.165) is 0 Å². The summed E-state index contributed by atoms with van der Waals surface area (Å²) < 4.78 is 0. The maximum absolute atomic E-state index is 9.71. The molecule has 0 radical (unpaired) electrons. The number of nitrogens with two attached hydrogens (primary N) is 5. The molecule has 0 rings (SSSR count). The topological polar surface area (TPSA) is 531 Å². The molecule has 0 aromatic rings. The maximum Gasteiger partial charge on any atom is 5.00 e. The fourth-order valence-corrected chi connectivity index (χ4v) is 1.31. The molecule has 5 atom stereocenters. The molecule has 0 heterocycles. The predicted molar refractivity (Wildman–Crippen MR) is 113 cm³/mol. The van der Waals surface area contributed by atoms with Gasteiger partial charge in [0.2, 0.25) is 0 Å². The Morgan fingerprint density at radius 3 is 0.404 bits per heavy atom. The second kappa shape index (κ2) is 33.0. The van der Waals surface area contributed by atoms with E-state index in [2.05, 4.69) is 0 Å². The van der Waals surface area contributed by atoms with Gasteiger partial charge < -0.3 is 128 Å². The summed E-state index contributed by atoms with van der Waals surface area (Å²) in [7, 11) is 0. The summed E-state index contributed by atoms with van der Waals surface area (Å²) >= 11 is 0. The number of hydrogen-bond donors (Lipinski definition) is 5. The SMILES string of the molecule is NC(CC(=O)[O-])C(=O)[O-].NC(CC(=O)[O-])C(=O)[O-].NC(CC(=O)[O-])C(=O)[O-].NC(CC(=O)[O-])C(=O)[O-].NC(CC(=O)[O-])C(=O)[O-].[V+5].[V+5]. The average molecular weight is 757 g/mol. The Morgan fingerprint density at radius 1 is 0.298 bits per heavy atom. The van der Waals surface area contributed by atoms with Gasteiger partial charge in [-0.2, -0.15) is 0 Å². The molecule has 0 spiro atoms. The smallest absolute Gasteiger partial charge is 0.550 e. The van der Waals surface area contributed by atoms with Gasteiger partial charge in [0.25, 0.3) is 0 Å². The maximum atomic E-state index is 9.71. The Morgan fingerprint density at radius 2 is 0.383 bits per heavy atom. The zero-order chi connectivity index (χ0) is 37.2. The summed E-state index contributed by atoms with van der Waals surface area (Å²) in [5, 5.41) is 96.7. The van der Waals surface area contributed by atoms with Crippen LogP contribution in [0.25, 0.3) is 0 Å². The predicted octanol–water partition coefficient (Wildman–Crippen LogP) is -19.0. The molecule has 5 unspecified atom stereocenters. The molecule has 0 amide bonds. The summed E-state index contributed by atoms with van der Waals surface area (Å²) in [6.07, 6.45) is -3.53. The molecule has 0 aliphatic carbocycles. The van der Waals surface area contributed by atoms with Crippen LogP contribution in [0.5, 0.6) is 0 Å². The second-order valence-corrected chi connectivity index (χ2v) is 7.51. The monoisotopic (exact) mass is 757 g/mol. The summed E-state index contributed by atoms with van der Waals surface area (Å²) in [6.45, 7) is 0. The van der Waals surface area contributed by atoms with E-state index in [1.165, 1.54) is 0 Å². The Hall–Kier alpha value is -4.33. The van der Waals surface area contributed by atoms with Crippen LogP contribution in [0.3, 0.4) is 0 Å². The molecule has 0 aliphatic rings. The fourth-order valence-electron chi connectivity index (χ4n) is 1.31. The van der Waals surface area contributed by atoms with Crippen molar-refractivity contribution in [2.75, 3.05) is 0 Å². The number of carbonyl (C=O) groups excluding carboxylic acids is 10. The van der Waals surface area contributed by atoms with Gasteiger partial charge in [-0.3, -0.25) is 0 Å². The molecular weight excluding hydrogens is 732 g/mol. The van der Waals surface area contributed by atoms with Crippen LogP contribution in [0.1, 0.15) is 32.1 Å². The van der Waals surface area contributed by atoms with Gasteiger partial charge in [-0.1, -0.05) is 0 Å². The van der Waals surface area contributed by atoms with E-state index in [0.29, 0.717) is 0 Å². The fraction of sp³-hybridized carbons (Fsp3) is 0.500. The van der Waals surface area contributed by atoms with Gasteiger partial charge in [-0.15, -0.1) is 0 Å². The third-order valence-electron chi connectivity index (χ3n) is 3.45. The van der Waals surface area contributed by atoms with Crippen LogP contribution < -0.4 is 79.7 Å². The molecule has 27 heteroatoms. The minimum absolute atomic E-state index is 0. The number of hydrogen-bond acceptors (Lipinski definition) is 25. The number of carboxylic acids is 10. The van der Waals surface area contributed by atoms with Crippen LogP contribution in [0.15, 0.2) is 0 Å². The molecule has 0 aromatic heterocycles. The van der Waals surface area contributed by atoms with E-state index >= 15 is 0 Å². The molecule has 0 aromatic carbocycles. The Labute approximate surface area is 286 Å². The summed E-state index contributed by atoms with van der Waals surface area (Å²) in [5.74, 6) is -15.4. The van der Waals surface area contributed by atoms with Crippen molar-refractivity contribution >= 4 is 59.7 Å². The Kier molecular flexibility index (Phi) is 40.9. The molecular formula is C20H25N5O20V2. The van der Waals surface area contributed by atoms with Crippen LogP contribution in [0, 0.1) is 0 Å². The van der Waals surface area contributed by atoms with E-state index in [1.807, 2.05) is 0 Å². The molecule has 260 valence electrons. The largest absolute Gasteiger partial charge is 5.00 e. The van der Waals surface area contributed by atoms with Crippen molar-refractivity contribution in [2.24, 2.45) is 28.7 Å². The molecule has 0 saturated carbocycles. The van der Waals surface area contributed by atoms with Crippen LogP contribution in [-0.2, 0) is 85.1 Å². The van der Waals surface area contributed by atoms with E-state index < -0.39 is 122 Å². The number of aliphatic carboxylic acids is 10. The summed E-state index contributed by atoms with van der Waals surface area (Å²) in [5.41, 5.74) is 23.7. The van der Waals surface area contributed by atoms with Crippen molar-refractivity contribution < 1.29 is 136 Å². The zero-order valence-electron chi connectivity index (χ0n) is 23.4. The third kappa shape index (κ3) is 51.5. The van der Waals surface area contributed by atoms with Gasteiger partial charge >= 0.3 is 37.1 Å². The minimum Gasteiger partial charge on any atom is -0.550 e. The molecule has 25 nitrogen and oxygen atoms in total. The number of carboxylic acid groups (broad SMARTS) is 10. The van der Waals surface area contributed by atoms with Crippen molar-refractivity contribution in [2.45, 2.75) is 62.3 Å². The Balaban J connectivity index is -0.0000000842. The van der Waals surface area contributed by atoms with Gasteiger partial charge in [0, 0.05) is 92.2 Å². The number of carbonyl (C=O) groups is 10. The minimum atomic E-state index is -1.58. The van der Waals surface area contributed by atoms with Crippen LogP contribution in [0.4, 0.5) is 0 Å². The van der Waals surface area contributed by atoms with Gasteiger partial charge in [-0.05, 0) is 0 Å². The molecule has 0 aliphatic heterocycles. The van der Waals surface area contributed by atoms with E-state index in [1.54, 1.807) is 0 Å². The van der Waals surface area contributed by atoms with E-state index in [4.69, 9.17) is 28.7 Å². The first kappa shape index (κ1) is 58.2. The molecule has 47 heavy (non-hydrogen) atoms. The van der Waals surface area contributed by atoms with Gasteiger partial charge in [0.1, 0.15) is 0 Å². The Bertz CT molecular complexity index is 860. The second-order valence-electron chi connectivity index (χ2n) is 7.51. The van der Waals surface area contributed by atoms with E-state index in [-0.39, 0.29) is 37.1 Å². The van der Waals surface area contributed by atoms with Crippen molar-refractivity contribution in [3.8, 4) is 0 Å². The first-order valence-electron chi connectivity index (χ1n) is 11.0. The third-order valence-corrected chi connectivity index (χ3v) is 3.45. The van der Waals surface area contributed by atoms with Crippen molar-refractivity contribution in [1.82, 2.24) is 0 Å². The summed E-state index contributed by atoms with van der Waals surface area (Å²) in [6, 6.07) is -7.31. The van der Waals surface area contributed by atoms with Crippen LogP contribution in [0.2, 0.25) is 0 Å².